The Morgan fingerprint density at radius 3 is 2.83 bits per heavy atom. The van der Waals surface area contributed by atoms with E-state index < -0.39 is 19.3 Å². The van der Waals surface area contributed by atoms with E-state index in [9.17, 15) is 9.36 Å². The van der Waals surface area contributed by atoms with Gasteiger partial charge in [0.1, 0.15) is 5.66 Å². The predicted octanol–water partition coefficient (Wildman–Crippen LogP) is 0.153. The van der Waals surface area contributed by atoms with Crippen molar-refractivity contribution < 1.29 is 9.36 Å². The highest BCUT2D eigenvalue weighted by molar-refractivity contribution is 7.44. The van der Waals surface area contributed by atoms with Crippen LogP contribution in [0.5, 0.6) is 0 Å². The summed E-state index contributed by atoms with van der Waals surface area (Å²) >= 11 is 0. The fourth-order valence-corrected chi connectivity index (χ4v) is 4.25. The zero-order valence-corrected chi connectivity index (χ0v) is 11.4. The second-order valence-electron chi connectivity index (χ2n) is 5.40. The summed E-state index contributed by atoms with van der Waals surface area (Å²) in [5, 5.41) is 5.72. The van der Waals surface area contributed by atoms with E-state index in [0.717, 1.165) is 25.7 Å². The van der Waals surface area contributed by atoms with Gasteiger partial charge in [0.25, 0.3) is 11.6 Å². The van der Waals surface area contributed by atoms with E-state index in [1.165, 1.54) is 0 Å². The van der Waals surface area contributed by atoms with Gasteiger partial charge in [-0.3, -0.25) is 4.79 Å². The third kappa shape index (κ3) is 3.26. The van der Waals surface area contributed by atoms with Gasteiger partial charge in [-0.2, -0.15) is 0 Å². The van der Waals surface area contributed by atoms with Crippen molar-refractivity contribution >= 4 is 13.9 Å². The molecule has 0 aromatic carbocycles. The molecule has 7 heteroatoms. The summed E-state index contributed by atoms with van der Waals surface area (Å²) in [6.07, 6.45) is 4.80. The maximum absolute atomic E-state index is 12.2. The SMILES string of the molecule is NC1CCCC(N)(N[P+](=O)[C@H]2CCCNC2=O)C1. The van der Waals surface area contributed by atoms with Crippen molar-refractivity contribution in [2.24, 2.45) is 11.5 Å². The van der Waals surface area contributed by atoms with Crippen LogP contribution in [0.25, 0.3) is 0 Å². The Labute approximate surface area is 108 Å². The lowest BCUT2D eigenvalue weighted by Gasteiger charge is -2.33. The molecule has 0 aromatic heterocycles. The van der Waals surface area contributed by atoms with E-state index in [-0.39, 0.29) is 11.9 Å². The Morgan fingerprint density at radius 2 is 2.17 bits per heavy atom. The number of carbonyl (C=O) groups excluding carboxylic acids is 1. The third-order valence-electron chi connectivity index (χ3n) is 3.70. The quantitative estimate of drug-likeness (QED) is 0.432. The lowest BCUT2D eigenvalue weighted by atomic mass is 9.87. The maximum atomic E-state index is 12.2. The van der Waals surface area contributed by atoms with Gasteiger partial charge in [0.15, 0.2) is 0 Å². The molecule has 1 saturated heterocycles. The van der Waals surface area contributed by atoms with E-state index in [0.29, 0.717) is 19.4 Å². The van der Waals surface area contributed by atoms with Crippen molar-refractivity contribution in [3.63, 3.8) is 0 Å². The number of nitrogens with one attached hydrogen (secondary N) is 2. The largest absolute Gasteiger partial charge is 0.447 e. The Morgan fingerprint density at radius 1 is 1.39 bits per heavy atom. The van der Waals surface area contributed by atoms with Gasteiger partial charge < -0.3 is 16.8 Å². The van der Waals surface area contributed by atoms with Crippen LogP contribution in [0.4, 0.5) is 0 Å². The fourth-order valence-electron chi connectivity index (χ4n) is 2.73. The van der Waals surface area contributed by atoms with Crippen LogP contribution in [0.15, 0.2) is 0 Å². The number of nitrogens with two attached hydrogens (primary N) is 2. The van der Waals surface area contributed by atoms with Crippen LogP contribution < -0.4 is 21.9 Å². The van der Waals surface area contributed by atoms with E-state index in [1.807, 2.05) is 0 Å². The Bertz CT molecular complexity index is 352. The lowest BCUT2D eigenvalue weighted by Crippen LogP contribution is -2.57. The van der Waals surface area contributed by atoms with E-state index >= 15 is 0 Å². The molecule has 1 amide bonds. The molecule has 1 heterocycles. The van der Waals surface area contributed by atoms with Crippen molar-refractivity contribution in [1.29, 1.82) is 0 Å². The summed E-state index contributed by atoms with van der Waals surface area (Å²) in [4.78, 5) is 11.6. The first-order valence-corrected chi connectivity index (χ1v) is 7.89. The van der Waals surface area contributed by atoms with Gasteiger partial charge in [0, 0.05) is 19.0 Å². The molecule has 1 aliphatic heterocycles. The topological polar surface area (TPSA) is 110 Å². The van der Waals surface area contributed by atoms with Gasteiger partial charge in [0.05, 0.1) is 0 Å². The van der Waals surface area contributed by atoms with Gasteiger partial charge in [-0.05, 0) is 36.7 Å². The molecule has 2 fully saturated rings. The summed E-state index contributed by atoms with van der Waals surface area (Å²) in [5.74, 6) is -0.126. The van der Waals surface area contributed by atoms with Crippen LogP contribution in [0.1, 0.15) is 38.5 Å². The van der Waals surface area contributed by atoms with Crippen molar-refractivity contribution in [3.05, 3.63) is 0 Å². The number of piperidine rings is 1. The summed E-state index contributed by atoms with van der Waals surface area (Å²) < 4.78 is 12.2. The highest BCUT2D eigenvalue weighted by Gasteiger charge is 2.45. The molecule has 1 saturated carbocycles. The minimum absolute atomic E-state index is 0.0554. The standard InChI is InChI=1S/C11H21N4O2P/c12-8-3-1-5-11(13,7-8)15-18(17)9-4-2-6-14-10(9)16/h8-9H,1-7,12-13H2,(H-,14,15,16,17)/p+1/t8?,9-,11?/m0/s1. The number of hydrogen-bond donors (Lipinski definition) is 4. The maximum Gasteiger partial charge on any atom is 0.447 e. The molecule has 2 rings (SSSR count). The molecule has 0 radical (unpaired) electrons. The first-order chi connectivity index (χ1) is 8.50. The molecular weight excluding hydrogens is 251 g/mol. The second-order valence-corrected chi connectivity index (χ2v) is 6.90. The summed E-state index contributed by atoms with van der Waals surface area (Å²) in [5.41, 5.74) is 11.0. The number of carbonyl (C=O) groups is 1. The average molecular weight is 273 g/mol. The van der Waals surface area contributed by atoms with Gasteiger partial charge in [-0.1, -0.05) is 5.09 Å². The van der Waals surface area contributed by atoms with Crippen LogP contribution >= 0.6 is 7.95 Å². The Balaban J connectivity index is 1.95. The predicted molar refractivity (Wildman–Crippen MR) is 70.1 cm³/mol. The normalized spacial score (nSPS) is 38.1. The minimum Gasteiger partial charge on any atom is -0.352 e. The number of rotatable bonds is 3. The average Bonchev–Trinajstić information content (AvgIpc) is 2.28. The first kappa shape index (κ1) is 13.9. The second kappa shape index (κ2) is 5.61. The molecule has 0 spiro atoms. The molecule has 4 atom stereocenters. The molecule has 2 aliphatic rings. The summed E-state index contributed by atoms with van der Waals surface area (Å²) in [6, 6.07) is 0.0554. The van der Waals surface area contributed by atoms with Crippen LogP contribution in [-0.4, -0.2) is 29.8 Å². The van der Waals surface area contributed by atoms with Crippen LogP contribution in [0, 0.1) is 0 Å². The van der Waals surface area contributed by atoms with Crippen LogP contribution in [-0.2, 0) is 9.36 Å². The number of hydrogen-bond acceptors (Lipinski definition) is 4. The molecule has 1 aliphatic carbocycles. The Kier molecular flexibility index (Phi) is 4.33. The van der Waals surface area contributed by atoms with Crippen molar-refractivity contribution in [2.45, 2.75) is 55.9 Å². The van der Waals surface area contributed by atoms with E-state index in [2.05, 4.69) is 10.4 Å². The Hall–Kier alpha value is -0.550. The zero-order valence-electron chi connectivity index (χ0n) is 10.5. The summed E-state index contributed by atoms with van der Waals surface area (Å²) in [6.45, 7) is 0.678. The highest BCUT2D eigenvalue weighted by atomic mass is 31.1. The third-order valence-corrected chi connectivity index (χ3v) is 5.42. The minimum atomic E-state index is -1.82. The van der Waals surface area contributed by atoms with E-state index in [4.69, 9.17) is 11.5 Å². The van der Waals surface area contributed by atoms with E-state index in [1.54, 1.807) is 0 Å². The monoisotopic (exact) mass is 273 g/mol. The van der Waals surface area contributed by atoms with Crippen molar-refractivity contribution in [2.75, 3.05) is 6.54 Å². The van der Waals surface area contributed by atoms with Crippen LogP contribution in [0.2, 0.25) is 0 Å². The molecule has 0 bridgehead atoms. The molecule has 18 heavy (non-hydrogen) atoms. The van der Waals surface area contributed by atoms with Crippen LogP contribution in [0.3, 0.4) is 0 Å². The summed E-state index contributed by atoms with van der Waals surface area (Å²) in [7, 11) is -1.82. The molecular formula is C11H22N4O2P+. The smallest absolute Gasteiger partial charge is 0.352 e. The van der Waals surface area contributed by atoms with Crippen molar-refractivity contribution in [1.82, 2.24) is 10.4 Å². The van der Waals surface area contributed by atoms with Gasteiger partial charge >= 0.3 is 7.95 Å². The van der Waals surface area contributed by atoms with Gasteiger partial charge in [-0.25, -0.2) is 0 Å². The molecule has 6 N–H and O–H groups in total. The first-order valence-electron chi connectivity index (χ1n) is 6.56. The van der Waals surface area contributed by atoms with Gasteiger partial charge in [-0.15, -0.1) is 0 Å². The molecule has 0 aromatic rings. The number of amides is 1. The highest BCUT2D eigenvalue weighted by Crippen LogP contribution is 2.35. The van der Waals surface area contributed by atoms with Crippen molar-refractivity contribution in [3.8, 4) is 0 Å². The molecule has 6 nitrogen and oxygen atoms in total. The van der Waals surface area contributed by atoms with Gasteiger partial charge in [0.2, 0.25) is 0 Å². The lowest BCUT2D eigenvalue weighted by molar-refractivity contribution is -0.121. The molecule has 102 valence electrons. The molecule has 3 unspecified atom stereocenters. The zero-order chi connectivity index (χ0) is 13.2. The fraction of sp³-hybridized carbons (Fsp3) is 0.909.